The van der Waals surface area contributed by atoms with Gasteiger partial charge in [0.1, 0.15) is 0 Å². The van der Waals surface area contributed by atoms with Crippen molar-refractivity contribution in [1.82, 2.24) is 0 Å². The van der Waals surface area contributed by atoms with E-state index >= 15 is 0 Å². The second-order valence-electron chi connectivity index (χ2n) is 3.90. The highest BCUT2D eigenvalue weighted by molar-refractivity contribution is 6.81. The van der Waals surface area contributed by atoms with Crippen molar-refractivity contribution in [2.45, 2.75) is 0 Å². The lowest BCUT2D eigenvalue weighted by atomic mass is 9.55. The Morgan fingerprint density at radius 3 is 1.78 bits per heavy atom. The van der Waals surface area contributed by atoms with Gasteiger partial charge >= 0.3 is 12.9 Å². The van der Waals surface area contributed by atoms with E-state index in [0.717, 1.165) is 10.9 Å². The third-order valence-corrected chi connectivity index (χ3v) is 2.62. The quantitative estimate of drug-likeness (QED) is 0.780. The third-order valence-electron chi connectivity index (χ3n) is 2.62. The first-order valence-electron chi connectivity index (χ1n) is 5.80. The Kier molecular flexibility index (Phi) is 4.15. The van der Waals surface area contributed by atoms with E-state index in [1.807, 2.05) is 60.7 Å². The normalized spacial score (nSPS) is 9.83. The summed E-state index contributed by atoms with van der Waals surface area (Å²) in [7, 11) is 0. The van der Waals surface area contributed by atoms with Crippen molar-refractivity contribution >= 4 is 23.8 Å². The lowest BCUT2D eigenvalue weighted by Crippen LogP contribution is -2.47. The molecule has 0 atom stereocenters. The maximum atomic E-state index is 11.4. The molecule has 0 fully saturated rings. The molecule has 0 aliphatic heterocycles. The van der Waals surface area contributed by atoms with E-state index < -0.39 is 12.9 Å². The monoisotopic (exact) mass is 239 g/mol. The van der Waals surface area contributed by atoms with Crippen LogP contribution < -0.4 is 16.7 Å². The van der Waals surface area contributed by atoms with Gasteiger partial charge in [-0.3, -0.25) is 4.79 Å². The minimum Gasteiger partial charge on any atom is -0.525 e. The molecule has 0 saturated heterocycles. The van der Waals surface area contributed by atoms with Gasteiger partial charge in [0, 0.05) is 0 Å². The molecule has 0 unspecified atom stereocenters. The van der Waals surface area contributed by atoms with Gasteiger partial charge in [0.2, 0.25) is 0 Å². The molecule has 18 heavy (non-hydrogen) atoms. The molecular formula is C14H14BNO2. The zero-order valence-electron chi connectivity index (χ0n) is 9.95. The van der Waals surface area contributed by atoms with Gasteiger partial charge in [-0.1, -0.05) is 60.7 Å². The van der Waals surface area contributed by atoms with Crippen LogP contribution in [0.4, 0.5) is 0 Å². The van der Waals surface area contributed by atoms with Crippen molar-refractivity contribution in [2.24, 2.45) is 5.73 Å². The Balaban J connectivity index is 2.32. The van der Waals surface area contributed by atoms with Gasteiger partial charge in [0.05, 0.1) is 6.54 Å². The first-order valence-corrected chi connectivity index (χ1v) is 5.80. The summed E-state index contributed by atoms with van der Waals surface area (Å²) in [5, 5.41) is 0. The Morgan fingerprint density at radius 1 is 0.944 bits per heavy atom. The van der Waals surface area contributed by atoms with Crippen LogP contribution in [0.1, 0.15) is 0 Å². The number of benzene rings is 2. The van der Waals surface area contributed by atoms with Crippen LogP contribution in [0.15, 0.2) is 60.7 Å². The topological polar surface area (TPSA) is 52.3 Å². The summed E-state index contributed by atoms with van der Waals surface area (Å²) >= 11 is 0. The van der Waals surface area contributed by atoms with E-state index in [0.29, 0.717) is 0 Å². The molecule has 0 aliphatic carbocycles. The zero-order valence-corrected chi connectivity index (χ0v) is 9.95. The number of hydrogen-bond donors (Lipinski definition) is 1. The van der Waals surface area contributed by atoms with Gasteiger partial charge in [0.15, 0.2) is 0 Å². The van der Waals surface area contributed by atoms with Crippen molar-refractivity contribution < 1.29 is 9.45 Å². The highest BCUT2D eigenvalue weighted by atomic mass is 16.5. The van der Waals surface area contributed by atoms with E-state index in [4.69, 9.17) is 10.4 Å². The van der Waals surface area contributed by atoms with Crippen molar-refractivity contribution in [3.8, 4) is 0 Å². The Morgan fingerprint density at radius 2 is 1.39 bits per heavy atom. The van der Waals surface area contributed by atoms with Crippen LogP contribution in [-0.2, 0) is 9.45 Å². The second kappa shape index (κ2) is 6.03. The molecular weight excluding hydrogens is 225 g/mol. The first-order chi connectivity index (χ1) is 8.81. The van der Waals surface area contributed by atoms with Gasteiger partial charge in [0.25, 0.3) is 0 Å². The fourth-order valence-corrected chi connectivity index (χ4v) is 1.76. The molecule has 2 aromatic rings. The summed E-state index contributed by atoms with van der Waals surface area (Å²) in [5.74, 6) is -0.410. The molecule has 0 bridgehead atoms. The minimum absolute atomic E-state index is 0.115. The average Bonchev–Trinajstić information content (AvgIpc) is 2.46. The average molecular weight is 239 g/mol. The van der Waals surface area contributed by atoms with Crippen molar-refractivity contribution in [3.63, 3.8) is 0 Å². The number of carbonyl (C=O) groups is 1. The number of carbonyl (C=O) groups excluding carboxylic acids is 1. The third kappa shape index (κ3) is 2.99. The summed E-state index contributed by atoms with van der Waals surface area (Å²) in [5.41, 5.74) is 7.17. The van der Waals surface area contributed by atoms with Crippen molar-refractivity contribution in [1.29, 1.82) is 0 Å². The zero-order chi connectivity index (χ0) is 12.8. The summed E-state index contributed by atoms with van der Waals surface area (Å²) < 4.78 is 5.41. The Labute approximate surface area is 107 Å². The summed E-state index contributed by atoms with van der Waals surface area (Å²) in [4.78, 5) is 11.4. The molecule has 0 radical (unpaired) electrons. The highest BCUT2D eigenvalue weighted by Crippen LogP contribution is 1.95. The summed E-state index contributed by atoms with van der Waals surface area (Å²) in [6.07, 6.45) is 0. The SMILES string of the molecule is NCC(=O)OB(c1ccccc1)c1ccccc1. The maximum Gasteiger partial charge on any atom is 0.429 e. The van der Waals surface area contributed by atoms with Crippen molar-refractivity contribution in [3.05, 3.63) is 60.7 Å². The van der Waals surface area contributed by atoms with Crippen LogP contribution in [0.5, 0.6) is 0 Å². The molecule has 3 nitrogen and oxygen atoms in total. The van der Waals surface area contributed by atoms with Gasteiger partial charge in [-0.2, -0.15) is 0 Å². The van der Waals surface area contributed by atoms with Gasteiger partial charge in [-0.05, 0) is 10.9 Å². The van der Waals surface area contributed by atoms with Crippen LogP contribution in [-0.4, -0.2) is 19.4 Å². The van der Waals surface area contributed by atoms with Crippen LogP contribution in [0.3, 0.4) is 0 Å². The summed E-state index contributed by atoms with van der Waals surface area (Å²) in [6, 6.07) is 19.3. The molecule has 2 rings (SSSR count). The molecule has 0 heterocycles. The van der Waals surface area contributed by atoms with Crippen LogP contribution in [0.25, 0.3) is 0 Å². The molecule has 0 saturated carbocycles. The predicted molar refractivity (Wildman–Crippen MR) is 73.1 cm³/mol. The first kappa shape index (κ1) is 12.4. The van der Waals surface area contributed by atoms with Gasteiger partial charge in [-0.15, -0.1) is 0 Å². The van der Waals surface area contributed by atoms with E-state index in [1.165, 1.54) is 0 Å². The lowest BCUT2D eigenvalue weighted by Gasteiger charge is -2.14. The molecule has 0 aromatic heterocycles. The van der Waals surface area contributed by atoms with Crippen LogP contribution >= 0.6 is 0 Å². The standard InChI is InChI=1S/C14H14BNO2/c16-11-14(17)18-15(12-7-3-1-4-8-12)13-9-5-2-6-10-13/h1-10H,11,16H2. The lowest BCUT2D eigenvalue weighted by molar-refractivity contribution is -0.132. The van der Waals surface area contributed by atoms with E-state index in [1.54, 1.807) is 0 Å². The maximum absolute atomic E-state index is 11.4. The van der Waals surface area contributed by atoms with Gasteiger partial charge in [-0.25, -0.2) is 0 Å². The molecule has 2 N–H and O–H groups in total. The molecule has 90 valence electrons. The largest absolute Gasteiger partial charge is 0.525 e. The summed E-state index contributed by atoms with van der Waals surface area (Å²) in [6.45, 7) is -0.514. The van der Waals surface area contributed by atoms with Gasteiger partial charge < -0.3 is 10.4 Å². The number of nitrogens with two attached hydrogens (primary N) is 1. The second-order valence-corrected chi connectivity index (χ2v) is 3.90. The molecule has 4 heteroatoms. The van der Waals surface area contributed by atoms with Crippen LogP contribution in [0.2, 0.25) is 0 Å². The van der Waals surface area contributed by atoms with Crippen molar-refractivity contribution in [2.75, 3.05) is 6.54 Å². The van der Waals surface area contributed by atoms with E-state index in [2.05, 4.69) is 0 Å². The highest BCUT2D eigenvalue weighted by Gasteiger charge is 2.24. The van der Waals surface area contributed by atoms with Crippen LogP contribution in [0, 0.1) is 0 Å². The molecule has 2 aromatic carbocycles. The van der Waals surface area contributed by atoms with E-state index in [-0.39, 0.29) is 6.54 Å². The smallest absolute Gasteiger partial charge is 0.429 e. The predicted octanol–water partition coefficient (Wildman–Crippen LogP) is 0.294. The molecule has 0 amide bonds. The fourth-order valence-electron chi connectivity index (χ4n) is 1.76. The fraction of sp³-hybridized carbons (Fsp3) is 0.0714. The molecule has 0 spiro atoms. The number of rotatable bonds is 4. The Bertz CT molecular complexity index is 462. The number of hydrogen-bond acceptors (Lipinski definition) is 3. The molecule has 0 aliphatic rings. The Hall–Kier alpha value is -2.07. The minimum atomic E-state index is -0.410. The van der Waals surface area contributed by atoms with E-state index in [9.17, 15) is 4.79 Å².